The Morgan fingerprint density at radius 2 is 1.83 bits per heavy atom. The molecule has 196 valence electrons. The lowest BCUT2D eigenvalue weighted by molar-refractivity contribution is -0.291. The summed E-state index contributed by atoms with van der Waals surface area (Å²) >= 11 is 12.1. The van der Waals surface area contributed by atoms with E-state index in [9.17, 15) is 32.0 Å². The van der Waals surface area contributed by atoms with Gasteiger partial charge < -0.3 is 9.88 Å². The monoisotopic (exact) mass is 551 g/mol. The number of alkyl halides is 5. The zero-order valence-corrected chi connectivity index (χ0v) is 21.6. The van der Waals surface area contributed by atoms with E-state index >= 15 is 0 Å². The Bertz CT molecular complexity index is 1240. The molecule has 2 aromatic heterocycles. The number of rotatable bonds is 6. The topological polar surface area (TPSA) is 75.6 Å². The number of nitrogens with zero attached hydrogens (tertiary/aromatic N) is 4. The van der Waals surface area contributed by atoms with E-state index in [0.29, 0.717) is 34.6 Å². The van der Waals surface area contributed by atoms with Gasteiger partial charge in [0.2, 0.25) is 0 Å². The third-order valence-electron chi connectivity index (χ3n) is 5.38. The fourth-order valence-electron chi connectivity index (χ4n) is 3.20. The summed E-state index contributed by atoms with van der Waals surface area (Å²) in [6, 6.07) is 2.59. The van der Waals surface area contributed by atoms with Crippen LogP contribution in [-0.2, 0) is 17.8 Å². The van der Waals surface area contributed by atoms with Crippen molar-refractivity contribution < 1.29 is 26.7 Å². The van der Waals surface area contributed by atoms with Crippen LogP contribution < -0.4 is 5.32 Å². The van der Waals surface area contributed by atoms with E-state index in [1.54, 1.807) is 6.92 Å². The van der Waals surface area contributed by atoms with Crippen molar-refractivity contribution in [2.45, 2.75) is 58.2 Å². The molecule has 0 unspecified atom stereocenters. The average Bonchev–Trinajstić information content (AvgIpc) is 3.27. The minimum atomic E-state index is -5.80. The summed E-state index contributed by atoms with van der Waals surface area (Å²) in [6.07, 6.45) is -0.588. The van der Waals surface area contributed by atoms with E-state index in [2.05, 4.69) is 10.4 Å². The zero-order valence-electron chi connectivity index (χ0n) is 20.1. The van der Waals surface area contributed by atoms with Crippen LogP contribution in [0, 0.1) is 11.3 Å². The highest BCUT2D eigenvalue weighted by Crippen LogP contribution is 2.45. The molecule has 0 aliphatic heterocycles. The van der Waals surface area contributed by atoms with Crippen LogP contribution in [-0.4, -0.2) is 32.0 Å². The van der Waals surface area contributed by atoms with E-state index in [4.69, 9.17) is 23.2 Å². The number of nitrogens with one attached hydrogen (secondary N) is 1. The predicted octanol–water partition coefficient (Wildman–Crippen LogP) is 6.63. The predicted molar refractivity (Wildman–Crippen MR) is 127 cm³/mol. The number of nitriles is 1. The van der Waals surface area contributed by atoms with Crippen LogP contribution in [0.15, 0.2) is 35.1 Å². The fraction of sp³-hybridized carbons (Fsp3) is 0.435. The Morgan fingerprint density at radius 1 is 1.25 bits per heavy atom. The highest BCUT2D eigenvalue weighted by atomic mass is 35.5. The highest BCUT2D eigenvalue weighted by Gasteiger charge is 2.60. The molecule has 1 saturated carbocycles. The van der Waals surface area contributed by atoms with Crippen LogP contribution >= 0.6 is 23.2 Å². The second-order valence-corrected chi connectivity index (χ2v) is 8.90. The molecule has 1 amide bonds. The first kappa shape index (κ1) is 29.4. The number of amides is 1. The Morgan fingerprint density at radius 3 is 2.31 bits per heavy atom. The third-order valence-corrected chi connectivity index (χ3v) is 5.86. The van der Waals surface area contributed by atoms with E-state index in [0.717, 1.165) is 11.7 Å². The van der Waals surface area contributed by atoms with E-state index < -0.39 is 29.2 Å². The summed E-state index contributed by atoms with van der Waals surface area (Å²) in [7, 11) is 1.02. The first-order valence-electron chi connectivity index (χ1n) is 10.8. The van der Waals surface area contributed by atoms with Gasteiger partial charge in [0, 0.05) is 23.8 Å². The van der Waals surface area contributed by atoms with Gasteiger partial charge in [-0.2, -0.15) is 32.3 Å². The summed E-state index contributed by atoms with van der Waals surface area (Å²) in [5, 5.41) is 15.6. The zero-order chi connectivity index (χ0) is 27.6. The molecule has 1 fully saturated rings. The number of carbonyl (C=O) groups is 1. The van der Waals surface area contributed by atoms with Crippen LogP contribution in [0.3, 0.4) is 0 Å². The van der Waals surface area contributed by atoms with Gasteiger partial charge in [-0.3, -0.25) is 4.79 Å². The number of aromatic nitrogens is 3. The Labute approximate surface area is 215 Å². The largest absolute Gasteiger partial charge is 0.459 e. The fourth-order valence-corrected chi connectivity index (χ4v) is 3.66. The third kappa shape index (κ3) is 5.76. The average molecular weight is 552 g/mol. The second kappa shape index (κ2) is 10.6. The van der Waals surface area contributed by atoms with Crippen molar-refractivity contribution in [2.75, 3.05) is 0 Å². The van der Waals surface area contributed by atoms with Gasteiger partial charge in [-0.25, -0.2) is 4.68 Å². The highest BCUT2D eigenvalue weighted by molar-refractivity contribution is 6.32. The molecule has 2 heterocycles. The number of hydrogen-bond donors (Lipinski definition) is 1. The maximum absolute atomic E-state index is 13.9. The summed E-state index contributed by atoms with van der Waals surface area (Å²) in [4.78, 5) is 12.6. The molecule has 2 aromatic rings. The minimum Gasteiger partial charge on any atom is -0.334 e. The summed E-state index contributed by atoms with van der Waals surface area (Å²) in [5.41, 5.74) is -1.22. The molecule has 1 aliphatic carbocycles. The van der Waals surface area contributed by atoms with E-state index in [-0.39, 0.29) is 21.4 Å². The van der Waals surface area contributed by atoms with Crippen LogP contribution in [0.25, 0.3) is 11.4 Å². The molecule has 0 spiro atoms. The first-order chi connectivity index (χ1) is 16.6. The number of carbonyl (C=O) groups excluding carboxylic acids is 1. The lowest BCUT2D eigenvalue weighted by Crippen LogP contribution is -2.36. The second-order valence-electron chi connectivity index (χ2n) is 7.93. The molecule has 6 nitrogen and oxygen atoms in total. The summed E-state index contributed by atoms with van der Waals surface area (Å²) in [5.74, 6) is -5.86. The minimum absolute atomic E-state index is 0.109. The Kier molecular flexibility index (Phi) is 8.69. The van der Waals surface area contributed by atoms with Gasteiger partial charge >= 0.3 is 12.1 Å². The molecule has 0 saturated heterocycles. The number of hydrogen-bond acceptors (Lipinski definition) is 3. The lowest BCUT2D eigenvalue weighted by atomic mass is 10.1. The van der Waals surface area contributed by atoms with Gasteiger partial charge in [-0.05, 0) is 44.4 Å². The molecule has 1 aliphatic rings. The molecular formula is C23H24Cl2F5N5O. The maximum atomic E-state index is 13.9. The molecule has 3 rings (SSSR count). The van der Waals surface area contributed by atoms with Gasteiger partial charge in [0.1, 0.15) is 11.2 Å². The van der Waals surface area contributed by atoms with Crippen LogP contribution in [0.2, 0.25) is 5.02 Å². The first-order valence-corrected chi connectivity index (χ1v) is 11.5. The van der Waals surface area contributed by atoms with Crippen molar-refractivity contribution in [3.8, 4) is 11.9 Å². The molecular weight excluding hydrogens is 528 g/mol. The van der Waals surface area contributed by atoms with Gasteiger partial charge in [-0.15, -0.1) is 0 Å². The van der Waals surface area contributed by atoms with Crippen LogP contribution in [0.5, 0.6) is 0 Å². The van der Waals surface area contributed by atoms with Crippen molar-refractivity contribution >= 4 is 34.7 Å². The van der Waals surface area contributed by atoms with Crippen molar-refractivity contribution in [1.82, 2.24) is 19.7 Å². The van der Waals surface area contributed by atoms with Crippen LogP contribution in [0.1, 0.15) is 51.8 Å². The van der Waals surface area contributed by atoms with Crippen molar-refractivity contribution in [2.24, 2.45) is 7.05 Å². The molecule has 1 N–H and O–H groups in total. The molecule has 0 atom stereocenters. The standard InChI is InChI=1S/C21H18Cl2F5N5O.C2H6/c1-11(6-14(12(2)22)17(34)31-19(10-29)4-5-19)13-8-30-33(9-13)18-15(23)7-16(32(18)3)20(24,25)21(26,27)28;1-2/h6-9H,4-5H2,1-3H3,(H,31,34);1-2H3/b11-6+,14-12-;. The lowest BCUT2D eigenvalue weighted by Gasteiger charge is -2.20. The van der Waals surface area contributed by atoms with Gasteiger partial charge in [0.25, 0.3) is 5.91 Å². The van der Waals surface area contributed by atoms with Crippen molar-refractivity contribution in [3.05, 3.63) is 51.4 Å². The molecule has 0 aromatic carbocycles. The number of allylic oxidation sites excluding steroid dienone is 2. The quantitative estimate of drug-likeness (QED) is 0.248. The summed E-state index contributed by atoms with van der Waals surface area (Å²) in [6.45, 7) is 7.13. The van der Waals surface area contributed by atoms with Gasteiger partial charge in [-0.1, -0.05) is 37.0 Å². The van der Waals surface area contributed by atoms with Crippen molar-refractivity contribution in [1.29, 1.82) is 5.26 Å². The van der Waals surface area contributed by atoms with E-state index in [1.807, 2.05) is 19.9 Å². The smallest absolute Gasteiger partial charge is 0.334 e. The molecule has 36 heavy (non-hydrogen) atoms. The van der Waals surface area contributed by atoms with Crippen molar-refractivity contribution in [3.63, 3.8) is 0 Å². The number of halogens is 7. The normalized spacial score (nSPS) is 15.9. The molecule has 0 radical (unpaired) electrons. The van der Waals surface area contributed by atoms with Crippen LogP contribution in [0.4, 0.5) is 22.0 Å². The van der Waals surface area contributed by atoms with Gasteiger partial charge in [0.15, 0.2) is 5.82 Å². The SMILES string of the molecule is C/C(Cl)=C(\C=C(/C)c1cnn(-c2c(Cl)cc(C(F)(F)C(F)(F)F)n2C)c1)C(=O)NC1(C#N)CC1.CC. The Balaban J connectivity index is 0.00000222. The molecule has 13 heteroatoms. The summed E-state index contributed by atoms with van der Waals surface area (Å²) < 4.78 is 67.9. The van der Waals surface area contributed by atoms with Gasteiger partial charge in [0.05, 0.1) is 22.9 Å². The maximum Gasteiger partial charge on any atom is 0.459 e. The van der Waals surface area contributed by atoms with E-state index in [1.165, 1.54) is 25.4 Å². The Hall–Kier alpha value is -2.84. The molecule has 0 bridgehead atoms.